The standard InChI is InChI=1S/C15H26ClNS/c1-5-7-8-11(3)14(17-9-6-2)13-10-12(4)15(16)18-13/h10-11,14,17H,5-9H2,1-4H3. The first-order valence-electron chi connectivity index (χ1n) is 7.09. The van der Waals surface area contributed by atoms with Crippen molar-refractivity contribution in [3.05, 3.63) is 20.8 Å². The van der Waals surface area contributed by atoms with Crippen molar-refractivity contribution in [1.29, 1.82) is 0 Å². The predicted molar refractivity (Wildman–Crippen MR) is 83.8 cm³/mol. The van der Waals surface area contributed by atoms with Gasteiger partial charge >= 0.3 is 0 Å². The van der Waals surface area contributed by atoms with Gasteiger partial charge in [0, 0.05) is 10.9 Å². The van der Waals surface area contributed by atoms with Crippen molar-refractivity contribution < 1.29 is 0 Å². The molecule has 0 aliphatic carbocycles. The normalized spacial score (nSPS) is 14.7. The highest BCUT2D eigenvalue weighted by atomic mass is 35.5. The van der Waals surface area contributed by atoms with Crippen LogP contribution in [0, 0.1) is 12.8 Å². The first-order chi connectivity index (χ1) is 8.60. The molecule has 0 aromatic carbocycles. The van der Waals surface area contributed by atoms with E-state index < -0.39 is 0 Å². The summed E-state index contributed by atoms with van der Waals surface area (Å²) in [4.78, 5) is 1.40. The molecule has 104 valence electrons. The number of unbranched alkanes of at least 4 members (excludes halogenated alkanes) is 1. The fourth-order valence-electron chi connectivity index (χ4n) is 2.21. The third-order valence-electron chi connectivity index (χ3n) is 3.38. The first-order valence-corrected chi connectivity index (χ1v) is 8.28. The average molecular weight is 288 g/mol. The lowest BCUT2D eigenvalue weighted by molar-refractivity contribution is 0.362. The Morgan fingerprint density at radius 3 is 2.56 bits per heavy atom. The van der Waals surface area contributed by atoms with Crippen LogP contribution in [0.15, 0.2) is 6.07 Å². The summed E-state index contributed by atoms with van der Waals surface area (Å²) in [5.74, 6) is 0.672. The fourth-order valence-corrected chi connectivity index (χ4v) is 3.64. The van der Waals surface area contributed by atoms with Crippen LogP contribution in [0.5, 0.6) is 0 Å². The second-order valence-corrected chi connectivity index (χ2v) is 6.84. The number of hydrogen-bond acceptors (Lipinski definition) is 2. The summed E-state index contributed by atoms with van der Waals surface area (Å²) in [6, 6.07) is 2.72. The average Bonchev–Trinajstić information content (AvgIpc) is 2.67. The van der Waals surface area contributed by atoms with Gasteiger partial charge in [-0.05, 0) is 43.9 Å². The van der Waals surface area contributed by atoms with E-state index in [4.69, 9.17) is 11.6 Å². The van der Waals surface area contributed by atoms with Gasteiger partial charge in [0.05, 0.1) is 4.34 Å². The fraction of sp³-hybridized carbons (Fsp3) is 0.733. The lowest BCUT2D eigenvalue weighted by Crippen LogP contribution is -2.27. The minimum Gasteiger partial charge on any atom is -0.309 e. The molecule has 0 radical (unpaired) electrons. The van der Waals surface area contributed by atoms with Crippen LogP contribution < -0.4 is 5.32 Å². The molecule has 1 nitrogen and oxygen atoms in total. The summed E-state index contributed by atoms with van der Waals surface area (Å²) in [6.45, 7) is 10.00. The molecule has 2 unspecified atom stereocenters. The Bertz CT molecular complexity index is 329. The summed E-state index contributed by atoms with van der Waals surface area (Å²) in [5, 5.41) is 3.69. The lowest BCUT2D eigenvalue weighted by Gasteiger charge is -2.24. The molecule has 1 heterocycles. The second-order valence-electron chi connectivity index (χ2n) is 5.16. The summed E-state index contributed by atoms with van der Waals surface area (Å²) >= 11 is 7.94. The lowest BCUT2D eigenvalue weighted by atomic mass is 9.94. The number of rotatable bonds is 8. The minimum absolute atomic E-state index is 0.465. The van der Waals surface area contributed by atoms with Crippen LogP contribution in [-0.4, -0.2) is 6.54 Å². The van der Waals surface area contributed by atoms with Gasteiger partial charge in [0.2, 0.25) is 0 Å². The molecule has 0 bridgehead atoms. The minimum atomic E-state index is 0.465. The monoisotopic (exact) mass is 287 g/mol. The molecule has 0 saturated carbocycles. The van der Waals surface area contributed by atoms with E-state index in [1.165, 1.54) is 36.1 Å². The molecular weight excluding hydrogens is 262 g/mol. The van der Waals surface area contributed by atoms with Gasteiger partial charge in [-0.2, -0.15) is 0 Å². The zero-order chi connectivity index (χ0) is 13.5. The molecule has 0 fully saturated rings. The molecule has 1 rings (SSSR count). The Balaban J connectivity index is 2.76. The molecule has 1 N–H and O–H groups in total. The predicted octanol–water partition coefficient (Wildman–Crippen LogP) is 5.58. The van der Waals surface area contributed by atoms with Crippen molar-refractivity contribution >= 4 is 22.9 Å². The molecular formula is C15H26ClNS. The van der Waals surface area contributed by atoms with Gasteiger partial charge < -0.3 is 5.32 Å². The highest BCUT2D eigenvalue weighted by Crippen LogP contribution is 2.35. The molecule has 0 aliphatic heterocycles. The molecule has 18 heavy (non-hydrogen) atoms. The topological polar surface area (TPSA) is 12.0 Å². The van der Waals surface area contributed by atoms with Crippen LogP contribution in [0.4, 0.5) is 0 Å². The van der Waals surface area contributed by atoms with E-state index >= 15 is 0 Å². The Morgan fingerprint density at radius 2 is 2.06 bits per heavy atom. The van der Waals surface area contributed by atoms with E-state index in [0.29, 0.717) is 12.0 Å². The van der Waals surface area contributed by atoms with Crippen molar-refractivity contribution in [2.75, 3.05) is 6.54 Å². The van der Waals surface area contributed by atoms with Gasteiger partial charge in [0.15, 0.2) is 0 Å². The number of hydrogen-bond donors (Lipinski definition) is 1. The van der Waals surface area contributed by atoms with Crippen LogP contribution in [0.25, 0.3) is 0 Å². The van der Waals surface area contributed by atoms with Crippen LogP contribution >= 0.6 is 22.9 Å². The van der Waals surface area contributed by atoms with Crippen LogP contribution in [0.3, 0.4) is 0 Å². The maximum Gasteiger partial charge on any atom is 0.0960 e. The van der Waals surface area contributed by atoms with Crippen LogP contribution in [0.1, 0.15) is 62.9 Å². The van der Waals surface area contributed by atoms with Crippen LogP contribution in [0.2, 0.25) is 4.34 Å². The third-order valence-corrected chi connectivity index (χ3v) is 5.02. The Hall–Kier alpha value is -0.0500. The van der Waals surface area contributed by atoms with Crippen molar-refractivity contribution in [2.45, 2.75) is 59.4 Å². The number of halogens is 1. The zero-order valence-electron chi connectivity index (χ0n) is 12.1. The van der Waals surface area contributed by atoms with Gasteiger partial charge in [0.1, 0.15) is 0 Å². The molecule has 2 atom stereocenters. The quantitative estimate of drug-likeness (QED) is 0.658. The van der Waals surface area contributed by atoms with E-state index in [2.05, 4.69) is 39.1 Å². The maximum atomic E-state index is 6.21. The molecule has 1 aromatic heterocycles. The summed E-state index contributed by atoms with van der Waals surface area (Å²) < 4.78 is 0.941. The van der Waals surface area contributed by atoms with Crippen molar-refractivity contribution in [2.24, 2.45) is 5.92 Å². The molecule has 0 saturated heterocycles. The molecule has 0 spiro atoms. The van der Waals surface area contributed by atoms with E-state index in [1.807, 2.05) is 0 Å². The third kappa shape index (κ3) is 4.56. The van der Waals surface area contributed by atoms with Crippen molar-refractivity contribution in [3.63, 3.8) is 0 Å². The largest absolute Gasteiger partial charge is 0.309 e. The zero-order valence-corrected chi connectivity index (χ0v) is 13.6. The SMILES string of the molecule is CCCCC(C)C(NCCC)c1cc(C)c(Cl)s1. The van der Waals surface area contributed by atoms with Gasteiger partial charge in [-0.15, -0.1) is 11.3 Å². The van der Waals surface area contributed by atoms with Crippen molar-refractivity contribution in [1.82, 2.24) is 5.32 Å². The molecule has 1 aromatic rings. The van der Waals surface area contributed by atoms with E-state index in [0.717, 1.165) is 10.9 Å². The smallest absolute Gasteiger partial charge is 0.0960 e. The first kappa shape index (κ1) is 16.0. The number of aryl methyl sites for hydroxylation is 1. The maximum absolute atomic E-state index is 6.21. The van der Waals surface area contributed by atoms with Gasteiger partial charge in [-0.25, -0.2) is 0 Å². The molecule has 3 heteroatoms. The van der Waals surface area contributed by atoms with Crippen LogP contribution in [-0.2, 0) is 0 Å². The van der Waals surface area contributed by atoms with Gasteiger partial charge in [-0.1, -0.05) is 45.2 Å². The highest BCUT2D eigenvalue weighted by Gasteiger charge is 2.20. The Labute approximate surface area is 121 Å². The van der Waals surface area contributed by atoms with Crippen molar-refractivity contribution in [3.8, 4) is 0 Å². The Kier molecular flexibility index (Phi) is 7.28. The Morgan fingerprint density at radius 1 is 1.33 bits per heavy atom. The van der Waals surface area contributed by atoms with Gasteiger partial charge in [0.25, 0.3) is 0 Å². The summed E-state index contributed by atoms with van der Waals surface area (Å²) in [6.07, 6.45) is 5.04. The molecule has 0 aliphatic rings. The summed E-state index contributed by atoms with van der Waals surface area (Å²) in [7, 11) is 0. The van der Waals surface area contributed by atoms with E-state index in [-0.39, 0.29) is 0 Å². The second kappa shape index (κ2) is 8.19. The number of nitrogens with one attached hydrogen (secondary N) is 1. The van der Waals surface area contributed by atoms with E-state index in [9.17, 15) is 0 Å². The summed E-state index contributed by atoms with van der Waals surface area (Å²) in [5.41, 5.74) is 1.21. The number of thiophene rings is 1. The molecule has 0 amide bonds. The highest BCUT2D eigenvalue weighted by molar-refractivity contribution is 7.16. The van der Waals surface area contributed by atoms with Gasteiger partial charge in [-0.3, -0.25) is 0 Å². The van der Waals surface area contributed by atoms with E-state index in [1.54, 1.807) is 11.3 Å².